The third kappa shape index (κ3) is 2.86. The van der Waals surface area contributed by atoms with E-state index in [1.54, 1.807) is 12.3 Å². The molecule has 1 aliphatic heterocycles. The maximum absolute atomic E-state index is 11.3. The maximum atomic E-state index is 11.3. The van der Waals surface area contributed by atoms with Crippen LogP contribution < -0.4 is 5.73 Å². The molecule has 0 bridgehead atoms. The van der Waals surface area contributed by atoms with Gasteiger partial charge in [-0.1, -0.05) is 13.0 Å². The number of nitrogen functional groups attached to an aromatic ring is 1. The van der Waals surface area contributed by atoms with Gasteiger partial charge in [-0.2, -0.15) is 0 Å². The molecular weight excluding hydrogens is 228 g/mol. The summed E-state index contributed by atoms with van der Waals surface area (Å²) >= 11 is 0. The van der Waals surface area contributed by atoms with Crippen molar-refractivity contribution in [2.24, 2.45) is 0 Å². The van der Waals surface area contributed by atoms with Crippen LogP contribution >= 0.6 is 0 Å². The van der Waals surface area contributed by atoms with Crippen molar-refractivity contribution in [3.63, 3.8) is 0 Å². The van der Waals surface area contributed by atoms with Crippen molar-refractivity contribution in [3.8, 4) is 0 Å². The minimum atomic E-state index is -0.197. The summed E-state index contributed by atoms with van der Waals surface area (Å²) in [4.78, 5) is 20.0. The summed E-state index contributed by atoms with van der Waals surface area (Å²) in [6.07, 6.45) is 2.69. The van der Waals surface area contributed by atoms with Crippen molar-refractivity contribution in [3.05, 3.63) is 23.9 Å². The topological polar surface area (TPSA) is 62.5 Å². The van der Waals surface area contributed by atoms with Gasteiger partial charge in [0, 0.05) is 32.4 Å². The number of aromatic nitrogens is 1. The number of hydrogen-bond acceptors (Lipinski definition) is 5. The molecule has 18 heavy (non-hydrogen) atoms. The van der Waals surface area contributed by atoms with Crippen LogP contribution in [0.25, 0.3) is 0 Å². The minimum Gasteiger partial charge on any atom is -0.384 e. The number of likely N-dealkylation sites (N-methyl/N-ethyl adjacent to an activating group) is 1. The lowest BCUT2D eigenvalue weighted by Gasteiger charge is -2.36. The second-order valence-electron chi connectivity index (χ2n) is 4.57. The largest absolute Gasteiger partial charge is 0.384 e. The highest BCUT2D eigenvalue weighted by Gasteiger charge is 2.24. The smallest absolute Gasteiger partial charge is 0.141 e. The molecule has 1 atom stereocenters. The Hall–Kier alpha value is -1.46. The molecule has 0 radical (unpaired) electrons. The Labute approximate surface area is 108 Å². The van der Waals surface area contributed by atoms with Crippen LogP contribution in [0.4, 0.5) is 5.82 Å². The first-order valence-corrected chi connectivity index (χ1v) is 6.37. The Balaban J connectivity index is 2.05. The molecule has 0 aliphatic carbocycles. The highest BCUT2D eigenvalue weighted by atomic mass is 16.1. The van der Waals surface area contributed by atoms with E-state index in [-0.39, 0.29) is 6.04 Å². The first-order valence-electron chi connectivity index (χ1n) is 6.37. The molecule has 1 aromatic rings. The van der Waals surface area contributed by atoms with Gasteiger partial charge in [0.15, 0.2) is 0 Å². The van der Waals surface area contributed by atoms with Crippen molar-refractivity contribution >= 4 is 12.1 Å². The van der Waals surface area contributed by atoms with E-state index in [0.717, 1.165) is 44.6 Å². The minimum absolute atomic E-state index is 0.197. The Bertz CT molecular complexity index is 384. The molecule has 5 heteroatoms. The molecule has 2 rings (SSSR count). The zero-order chi connectivity index (χ0) is 13.0. The van der Waals surface area contributed by atoms with Gasteiger partial charge in [-0.15, -0.1) is 0 Å². The lowest BCUT2D eigenvalue weighted by molar-refractivity contribution is -0.113. The van der Waals surface area contributed by atoms with Gasteiger partial charge in [0.25, 0.3) is 0 Å². The van der Waals surface area contributed by atoms with Crippen LogP contribution in [0.2, 0.25) is 0 Å². The summed E-state index contributed by atoms with van der Waals surface area (Å²) in [6.45, 7) is 7.11. The average molecular weight is 248 g/mol. The number of aldehydes is 1. The zero-order valence-corrected chi connectivity index (χ0v) is 10.7. The second-order valence-corrected chi connectivity index (χ2v) is 4.57. The average Bonchev–Trinajstić information content (AvgIpc) is 2.42. The quantitative estimate of drug-likeness (QED) is 0.788. The van der Waals surface area contributed by atoms with Gasteiger partial charge in [-0.05, 0) is 18.2 Å². The summed E-state index contributed by atoms with van der Waals surface area (Å²) in [6, 6.07) is 3.43. The molecule has 1 fully saturated rings. The lowest BCUT2D eigenvalue weighted by Crippen LogP contribution is -2.47. The van der Waals surface area contributed by atoms with E-state index in [1.165, 1.54) is 0 Å². The Morgan fingerprint density at radius 2 is 2.11 bits per heavy atom. The van der Waals surface area contributed by atoms with Gasteiger partial charge >= 0.3 is 0 Å². The number of carbonyl (C=O) groups excluding carboxylic acids is 1. The van der Waals surface area contributed by atoms with Crippen LogP contribution in [0.5, 0.6) is 0 Å². The van der Waals surface area contributed by atoms with Crippen LogP contribution in [0.3, 0.4) is 0 Å². The van der Waals surface area contributed by atoms with E-state index < -0.39 is 0 Å². The molecule has 0 spiro atoms. The van der Waals surface area contributed by atoms with Gasteiger partial charge in [-0.25, -0.2) is 4.98 Å². The summed E-state index contributed by atoms with van der Waals surface area (Å²) in [5.41, 5.74) is 6.48. The fourth-order valence-electron chi connectivity index (χ4n) is 2.32. The molecule has 5 nitrogen and oxygen atoms in total. The number of anilines is 1. The van der Waals surface area contributed by atoms with Crippen LogP contribution in [0.15, 0.2) is 18.3 Å². The van der Waals surface area contributed by atoms with Crippen LogP contribution in [-0.2, 0) is 4.79 Å². The van der Waals surface area contributed by atoms with E-state index in [9.17, 15) is 4.79 Å². The molecule has 1 aromatic heterocycles. The highest BCUT2D eigenvalue weighted by Crippen LogP contribution is 2.20. The number of hydrogen-bond donors (Lipinski definition) is 1. The number of carbonyl (C=O) groups is 1. The van der Waals surface area contributed by atoms with Crippen LogP contribution in [0.1, 0.15) is 18.5 Å². The van der Waals surface area contributed by atoms with E-state index in [2.05, 4.69) is 21.7 Å². The van der Waals surface area contributed by atoms with Crippen molar-refractivity contribution in [2.45, 2.75) is 13.0 Å². The fraction of sp³-hybridized carbons (Fsp3) is 0.538. The molecule has 0 saturated carbocycles. The van der Waals surface area contributed by atoms with E-state index in [4.69, 9.17) is 5.73 Å². The molecule has 1 aliphatic rings. The maximum Gasteiger partial charge on any atom is 0.141 e. The molecule has 2 N–H and O–H groups in total. The predicted octanol–water partition coefficient (Wildman–Crippen LogP) is 0.541. The summed E-state index contributed by atoms with van der Waals surface area (Å²) in [5.74, 6) is 0.485. The van der Waals surface area contributed by atoms with Gasteiger partial charge in [-0.3, -0.25) is 4.90 Å². The Morgan fingerprint density at radius 1 is 1.39 bits per heavy atom. The SMILES string of the molecule is CCN1CCN(C(C=O)c2ccc(N)nc2)CC1. The van der Waals surface area contributed by atoms with Gasteiger partial charge in [0.1, 0.15) is 12.1 Å². The standard InChI is InChI=1S/C13H20N4O/c1-2-16-5-7-17(8-6-16)12(10-18)11-3-4-13(14)15-9-11/h3-4,9-10,12H,2,5-8H2,1H3,(H2,14,15). The second kappa shape index (κ2) is 5.93. The van der Waals surface area contributed by atoms with Gasteiger partial charge in [0.05, 0.1) is 6.04 Å². The van der Waals surface area contributed by atoms with Crippen LogP contribution in [-0.4, -0.2) is 53.8 Å². The van der Waals surface area contributed by atoms with Crippen molar-refractivity contribution in [2.75, 3.05) is 38.5 Å². The molecule has 2 heterocycles. The molecule has 0 amide bonds. The van der Waals surface area contributed by atoms with Crippen molar-refractivity contribution < 1.29 is 4.79 Å². The number of piperazine rings is 1. The summed E-state index contributed by atoms with van der Waals surface area (Å²) < 4.78 is 0. The summed E-state index contributed by atoms with van der Waals surface area (Å²) in [5, 5.41) is 0. The normalized spacial score (nSPS) is 19.6. The van der Waals surface area contributed by atoms with Gasteiger partial charge < -0.3 is 15.4 Å². The number of nitrogens with zero attached hydrogens (tertiary/aromatic N) is 3. The molecule has 0 aromatic carbocycles. The van der Waals surface area contributed by atoms with E-state index in [0.29, 0.717) is 5.82 Å². The first-order chi connectivity index (χ1) is 8.74. The first kappa shape index (κ1) is 13.0. The number of nitrogens with two attached hydrogens (primary N) is 1. The van der Waals surface area contributed by atoms with E-state index in [1.807, 2.05) is 6.07 Å². The zero-order valence-electron chi connectivity index (χ0n) is 10.7. The summed E-state index contributed by atoms with van der Waals surface area (Å²) in [7, 11) is 0. The Kier molecular flexibility index (Phi) is 4.28. The molecular formula is C13H20N4O. The predicted molar refractivity (Wildman–Crippen MR) is 71.1 cm³/mol. The molecule has 1 saturated heterocycles. The Morgan fingerprint density at radius 3 is 2.61 bits per heavy atom. The van der Waals surface area contributed by atoms with Crippen molar-refractivity contribution in [1.29, 1.82) is 0 Å². The third-order valence-corrected chi connectivity index (χ3v) is 3.53. The molecule has 98 valence electrons. The number of pyridine rings is 1. The van der Waals surface area contributed by atoms with Gasteiger partial charge in [0.2, 0.25) is 0 Å². The fourth-order valence-corrected chi connectivity index (χ4v) is 2.32. The number of rotatable bonds is 4. The third-order valence-electron chi connectivity index (χ3n) is 3.53. The van der Waals surface area contributed by atoms with E-state index >= 15 is 0 Å². The highest BCUT2D eigenvalue weighted by molar-refractivity contribution is 5.61. The lowest BCUT2D eigenvalue weighted by atomic mass is 10.1. The molecule has 1 unspecified atom stereocenters. The van der Waals surface area contributed by atoms with Crippen LogP contribution in [0, 0.1) is 0 Å². The monoisotopic (exact) mass is 248 g/mol. The van der Waals surface area contributed by atoms with Crippen molar-refractivity contribution in [1.82, 2.24) is 14.8 Å².